The van der Waals surface area contributed by atoms with E-state index >= 15 is 0 Å². The van der Waals surface area contributed by atoms with Crippen LogP contribution in [0.25, 0.3) is 0 Å². The number of carbonyl (C=O) groups excluding carboxylic acids is 1. The van der Waals surface area contributed by atoms with Crippen molar-refractivity contribution in [1.82, 2.24) is 5.43 Å². The number of rotatable bonds is 5. The summed E-state index contributed by atoms with van der Waals surface area (Å²) in [6.45, 7) is 2.46. The minimum absolute atomic E-state index is 0.112. The fraction of sp³-hybridized carbons (Fsp3) is 0.125. The van der Waals surface area contributed by atoms with Gasteiger partial charge in [-0.2, -0.15) is 5.10 Å². The van der Waals surface area contributed by atoms with Crippen LogP contribution in [0, 0.1) is 0 Å². The molecule has 0 aliphatic carbocycles. The second kappa shape index (κ2) is 7.09. The zero-order valence-electron chi connectivity index (χ0n) is 11.6. The van der Waals surface area contributed by atoms with E-state index in [1.54, 1.807) is 0 Å². The van der Waals surface area contributed by atoms with Crippen LogP contribution < -0.4 is 10.2 Å². The fourth-order valence-corrected chi connectivity index (χ4v) is 1.71. The molecule has 2 N–H and O–H groups in total. The summed E-state index contributed by atoms with van der Waals surface area (Å²) in [6.07, 6.45) is 1.53. The predicted octanol–water partition coefficient (Wildman–Crippen LogP) is 2.55. The summed E-state index contributed by atoms with van der Waals surface area (Å²) in [6, 6.07) is 13.4. The molecule has 0 unspecified atom stereocenters. The maximum Gasteiger partial charge on any atom is 0.271 e. The lowest BCUT2D eigenvalue weighted by Gasteiger charge is -2.05. The molecule has 1 amide bonds. The Balaban J connectivity index is 2.02. The molecular weight excluding hydrogens is 268 g/mol. The SMILES string of the molecule is CCOc1ccccc1C=NNC(=O)c1ccc(O)cc1. The quantitative estimate of drug-likeness (QED) is 0.654. The van der Waals surface area contributed by atoms with Gasteiger partial charge in [0.1, 0.15) is 11.5 Å². The second-order valence-electron chi connectivity index (χ2n) is 4.22. The maximum atomic E-state index is 11.8. The number of phenolic OH excluding ortho intramolecular Hbond substituents is 1. The summed E-state index contributed by atoms with van der Waals surface area (Å²) < 4.78 is 5.46. The number of phenols is 1. The minimum Gasteiger partial charge on any atom is -0.508 e. The monoisotopic (exact) mass is 284 g/mol. The Hall–Kier alpha value is -2.82. The largest absolute Gasteiger partial charge is 0.508 e. The van der Waals surface area contributed by atoms with Crippen molar-refractivity contribution >= 4 is 12.1 Å². The van der Waals surface area contributed by atoms with E-state index in [0.29, 0.717) is 17.9 Å². The molecule has 0 aromatic heterocycles. The number of nitrogens with zero attached hydrogens (tertiary/aromatic N) is 1. The molecule has 0 aliphatic rings. The van der Waals surface area contributed by atoms with Gasteiger partial charge in [-0.3, -0.25) is 4.79 Å². The first-order valence-corrected chi connectivity index (χ1v) is 6.55. The summed E-state index contributed by atoms with van der Waals surface area (Å²) in [5.41, 5.74) is 3.63. The Morgan fingerprint density at radius 2 is 1.95 bits per heavy atom. The van der Waals surface area contributed by atoms with Gasteiger partial charge in [0.25, 0.3) is 5.91 Å². The van der Waals surface area contributed by atoms with E-state index < -0.39 is 0 Å². The van der Waals surface area contributed by atoms with Gasteiger partial charge in [0.2, 0.25) is 0 Å². The fourth-order valence-electron chi connectivity index (χ4n) is 1.71. The molecule has 108 valence electrons. The first-order valence-electron chi connectivity index (χ1n) is 6.55. The van der Waals surface area contributed by atoms with Gasteiger partial charge >= 0.3 is 0 Å². The van der Waals surface area contributed by atoms with Gasteiger partial charge in [0.05, 0.1) is 12.8 Å². The van der Waals surface area contributed by atoms with Crippen molar-refractivity contribution in [2.75, 3.05) is 6.61 Å². The lowest BCUT2D eigenvalue weighted by atomic mass is 10.2. The lowest BCUT2D eigenvalue weighted by molar-refractivity contribution is 0.0955. The van der Waals surface area contributed by atoms with Crippen LogP contribution in [-0.2, 0) is 0 Å². The normalized spacial score (nSPS) is 10.5. The highest BCUT2D eigenvalue weighted by atomic mass is 16.5. The highest BCUT2D eigenvalue weighted by molar-refractivity contribution is 5.95. The molecule has 5 heteroatoms. The van der Waals surface area contributed by atoms with Crippen LogP contribution in [0.4, 0.5) is 0 Å². The second-order valence-corrected chi connectivity index (χ2v) is 4.22. The summed E-state index contributed by atoms with van der Waals surface area (Å²) >= 11 is 0. The van der Waals surface area contributed by atoms with Crippen LogP contribution in [0.15, 0.2) is 53.6 Å². The number of benzene rings is 2. The zero-order chi connectivity index (χ0) is 15.1. The highest BCUT2D eigenvalue weighted by Crippen LogP contribution is 2.15. The molecule has 0 aliphatic heterocycles. The Bertz CT molecular complexity index is 636. The molecule has 0 saturated heterocycles. The minimum atomic E-state index is -0.347. The van der Waals surface area contributed by atoms with Crippen molar-refractivity contribution in [3.05, 3.63) is 59.7 Å². The smallest absolute Gasteiger partial charge is 0.271 e. The first-order chi connectivity index (χ1) is 10.2. The van der Waals surface area contributed by atoms with Crippen LogP contribution in [0.2, 0.25) is 0 Å². The van der Waals surface area contributed by atoms with Gasteiger partial charge in [0.15, 0.2) is 0 Å². The predicted molar refractivity (Wildman–Crippen MR) is 80.8 cm³/mol. The van der Waals surface area contributed by atoms with Gasteiger partial charge in [-0.25, -0.2) is 5.43 Å². The van der Waals surface area contributed by atoms with E-state index in [1.165, 1.54) is 30.5 Å². The highest BCUT2D eigenvalue weighted by Gasteiger charge is 2.04. The van der Waals surface area contributed by atoms with Gasteiger partial charge in [-0.1, -0.05) is 12.1 Å². The molecule has 2 aromatic rings. The van der Waals surface area contributed by atoms with E-state index in [2.05, 4.69) is 10.5 Å². The van der Waals surface area contributed by atoms with E-state index in [4.69, 9.17) is 9.84 Å². The van der Waals surface area contributed by atoms with Crippen molar-refractivity contribution in [2.45, 2.75) is 6.92 Å². The molecule has 21 heavy (non-hydrogen) atoms. The van der Waals surface area contributed by atoms with Gasteiger partial charge in [0, 0.05) is 11.1 Å². The summed E-state index contributed by atoms with van der Waals surface area (Å²) in [5, 5.41) is 13.1. The van der Waals surface area contributed by atoms with Crippen molar-refractivity contribution in [3.63, 3.8) is 0 Å². The molecular formula is C16H16N2O3. The van der Waals surface area contributed by atoms with Crippen molar-refractivity contribution in [2.24, 2.45) is 5.10 Å². The standard InChI is InChI=1S/C16H16N2O3/c1-2-21-15-6-4-3-5-13(15)11-17-18-16(20)12-7-9-14(19)10-8-12/h3-11,19H,2H2,1H3,(H,18,20). The molecule has 0 heterocycles. The molecule has 0 atom stereocenters. The number of ether oxygens (including phenoxy) is 1. The molecule has 0 spiro atoms. The third-order valence-electron chi connectivity index (χ3n) is 2.72. The maximum absolute atomic E-state index is 11.8. The summed E-state index contributed by atoms with van der Waals surface area (Å²) in [5.74, 6) is 0.475. The van der Waals surface area contributed by atoms with Crippen molar-refractivity contribution in [3.8, 4) is 11.5 Å². The van der Waals surface area contributed by atoms with E-state index in [9.17, 15) is 4.79 Å². The number of hydrogen-bond acceptors (Lipinski definition) is 4. The van der Waals surface area contributed by atoms with Gasteiger partial charge in [-0.15, -0.1) is 0 Å². The molecule has 5 nitrogen and oxygen atoms in total. The average Bonchev–Trinajstić information content (AvgIpc) is 2.50. The number of hydrogen-bond donors (Lipinski definition) is 2. The van der Waals surface area contributed by atoms with Gasteiger partial charge < -0.3 is 9.84 Å². The average molecular weight is 284 g/mol. The van der Waals surface area contributed by atoms with Crippen LogP contribution in [0.1, 0.15) is 22.8 Å². The Morgan fingerprint density at radius 1 is 1.24 bits per heavy atom. The van der Waals surface area contributed by atoms with E-state index in [1.807, 2.05) is 31.2 Å². The molecule has 0 fully saturated rings. The number of hydrazone groups is 1. The number of carbonyl (C=O) groups is 1. The zero-order valence-corrected chi connectivity index (χ0v) is 11.6. The number of amides is 1. The van der Waals surface area contributed by atoms with Crippen molar-refractivity contribution in [1.29, 1.82) is 0 Å². The third kappa shape index (κ3) is 4.07. The molecule has 0 saturated carbocycles. The van der Waals surface area contributed by atoms with Crippen molar-refractivity contribution < 1.29 is 14.6 Å². The molecule has 0 radical (unpaired) electrons. The lowest BCUT2D eigenvalue weighted by Crippen LogP contribution is -2.17. The summed E-state index contributed by atoms with van der Waals surface area (Å²) in [7, 11) is 0. The molecule has 2 aromatic carbocycles. The Kier molecular flexibility index (Phi) is 4.93. The van der Waals surface area contributed by atoms with Crippen LogP contribution in [-0.4, -0.2) is 23.8 Å². The molecule has 2 rings (SSSR count). The van der Waals surface area contributed by atoms with Gasteiger partial charge in [-0.05, 0) is 43.3 Å². The Morgan fingerprint density at radius 3 is 2.67 bits per heavy atom. The number of nitrogens with one attached hydrogen (secondary N) is 1. The number of aromatic hydroxyl groups is 1. The molecule has 0 bridgehead atoms. The topological polar surface area (TPSA) is 70.9 Å². The first kappa shape index (κ1) is 14.6. The third-order valence-corrected chi connectivity index (χ3v) is 2.72. The van der Waals surface area contributed by atoms with E-state index in [-0.39, 0.29) is 11.7 Å². The van der Waals surface area contributed by atoms with Crippen LogP contribution >= 0.6 is 0 Å². The summed E-state index contributed by atoms with van der Waals surface area (Å²) in [4.78, 5) is 11.8. The number of para-hydroxylation sites is 1. The van der Waals surface area contributed by atoms with Crippen LogP contribution in [0.3, 0.4) is 0 Å². The van der Waals surface area contributed by atoms with E-state index in [0.717, 1.165) is 5.56 Å². The van der Waals surface area contributed by atoms with Crippen LogP contribution in [0.5, 0.6) is 11.5 Å². The Labute approximate surface area is 122 Å².